The zero-order valence-corrected chi connectivity index (χ0v) is 17.6. The normalized spacial score (nSPS) is 13.4. The molecule has 2 aromatic rings. The standard InChI is InChI=1S/C22H23ClN2O5/c1-28-19-6-3-15(11-20(19)29-2)4-8-21(26)24-9-10-25-13-16-12-17(23)5-7-18(16)30-14-22(25)27/h3-8,11-12H,9-10,13-14H2,1-2H3,(H,24,26)/b8-4+. The summed E-state index contributed by atoms with van der Waals surface area (Å²) in [5.74, 6) is 1.46. The van der Waals surface area contributed by atoms with Gasteiger partial charge < -0.3 is 24.4 Å². The minimum atomic E-state index is -0.258. The molecule has 1 N–H and O–H groups in total. The van der Waals surface area contributed by atoms with Crippen molar-refractivity contribution in [2.75, 3.05) is 33.9 Å². The van der Waals surface area contributed by atoms with Gasteiger partial charge in [-0.05, 0) is 42.0 Å². The summed E-state index contributed by atoms with van der Waals surface area (Å²) in [4.78, 5) is 26.1. The summed E-state index contributed by atoms with van der Waals surface area (Å²) in [6.45, 7) is 1.02. The van der Waals surface area contributed by atoms with E-state index in [1.807, 2.05) is 6.07 Å². The lowest BCUT2D eigenvalue weighted by molar-refractivity contribution is -0.133. The van der Waals surface area contributed by atoms with Gasteiger partial charge in [0.15, 0.2) is 18.1 Å². The third kappa shape index (κ3) is 5.45. The number of hydrogen-bond acceptors (Lipinski definition) is 5. The fraction of sp³-hybridized carbons (Fsp3) is 0.273. The van der Waals surface area contributed by atoms with Crippen molar-refractivity contribution in [2.45, 2.75) is 6.54 Å². The molecule has 1 heterocycles. The molecule has 3 rings (SSSR count). The van der Waals surface area contributed by atoms with Crippen molar-refractivity contribution < 1.29 is 23.8 Å². The number of carbonyl (C=O) groups is 2. The number of rotatable bonds is 7. The van der Waals surface area contributed by atoms with E-state index in [-0.39, 0.29) is 18.4 Å². The number of hydrogen-bond donors (Lipinski definition) is 1. The van der Waals surface area contributed by atoms with Crippen LogP contribution in [0.5, 0.6) is 17.2 Å². The van der Waals surface area contributed by atoms with Gasteiger partial charge in [0.2, 0.25) is 5.91 Å². The van der Waals surface area contributed by atoms with Crippen LogP contribution in [-0.2, 0) is 16.1 Å². The smallest absolute Gasteiger partial charge is 0.260 e. The molecule has 0 aliphatic carbocycles. The van der Waals surface area contributed by atoms with Gasteiger partial charge in [-0.25, -0.2) is 0 Å². The predicted molar refractivity (Wildman–Crippen MR) is 114 cm³/mol. The number of ether oxygens (including phenoxy) is 3. The van der Waals surface area contributed by atoms with E-state index in [1.54, 1.807) is 55.5 Å². The quantitative estimate of drug-likeness (QED) is 0.683. The van der Waals surface area contributed by atoms with E-state index < -0.39 is 0 Å². The van der Waals surface area contributed by atoms with Gasteiger partial charge in [0, 0.05) is 36.3 Å². The Hall–Kier alpha value is -3.19. The van der Waals surface area contributed by atoms with Crippen molar-refractivity contribution in [3.05, 3.63) is 58.6 Å². The van der Waals surface area contributed by atoms with E-state index in [2.05, 4.69) is 5.32 Å². The first kappa shape index (κ1) is 21.5. The van der Waals surface area contributed by atoms with Crippen molar-refractivity contribution in [2.24, 2.45) is 0 Å². The van der Waals surface area contributed by atoms with Gasteiger partial charge in [-0.3, -0.25) is 9.59 Å². The topological polar surface area (TPSA) is 77.1 Å². The maximum atomic E-state index is 12.3. The summed E-state index contributed by atoms with van der Waals surface area (Å²) in [5.41, 5.74) is 1.64. The van der Waals surface area contributed by atoms with Crippen LogP contribution in [0.1, 0.15) is 11.1 Å². The summed E-state index contributed by atoms with van der Waals surface area (Å²) in [6.07, 6.45) is 3.12. The second kappa shape index (κ2) is 10.0. The highest BCUT2D eigenvalue weighted by atomic mass is 35.5. The average Bonchev–Trinajstić information content (AvgIpc) is 2.90. The maximum Gasteiger partial charge on any atom is 0.260 e. The third-order valence-corrected chi connectivity index (χ3v) is 4.84. The minimum Gasteiger partial charge on any atom is -0.493 e. The lowest BCUT2D eigenvalue weighted by Gasteiger charge is -2.20. The second-order valence-electron chi connectivity index (χ2n) is 6.59. The Morgan fingerprint density at radius 2 is 2.00 bits per heavy atom. The molecule has 0 unspecified atom stereocenters. The molecule has 0 bridgehead atoms. The maximum absolute atomic E-state index is 12.3. The Morgan fingerprint density at radius 1 is 1.20 bits per heavy atom. The first-order valence-electron chi connectivity index (χ1n) is 9.37. The zero-order chi connectivity index (χ0) is 21.5. The Balaban J connectivity index is 1.53. The van der Waals surface area contributed by atoms with Crippen LogP contribution < -0.4 is 19.5 Å². The Labute approximate surface area is 180 Å². The highest BCUT2D eigenvalue weighted by Crippen LogP contribution is 2.28. The van der Waals surface area contributed by atoms with Crippen LogP contribution in [0.3, 0.4) is 0 Å². The first-order valence-corrected chi connectivity index (χ1v) is 9.75. The molecule has 0 spiro atoms. The molecular formula is C22H23ClN2O5. The fourth-order valence-electron chi connectivity index (χ4n) is 3.04. The number of amides is 2. The highest BCUT2D eigenvalue weighted by molar-refractivity contribution is 6.30. The van der Waals surface area contributed by atoms with Gasteiger partial charge in [-0.2, -0.15) is 0 Å². The molecule has 0 saturated carbocycles. The number of benzene rings is 2. The summed E-state index contributed by atoms with van der Waals surface area (Å²) in [6, 6.07) is 10.6. The molecule has 2 aromatic carbocycles. The Morgan fingerprint density at radius 3 is 2.77 bits per heavy atom. The van der Waals surface area contributed by atoms with Crippen molar-refractivity contribution in [3.8, 4) is 17.2 Å². The van der Waals surface area contributed by atoms with Crippen LogP contribution in [0.4, 0.5) is 0 Å². The number of halogens is 1. The molecule has 1 aliphatic heterocycles. The lowest BCUT2D eigenvalue weighted by Crippen LogP contribution is -2.38. The van der Waals surface area contributed by atoms with E-state index in [0.717, 1.165) is 11.1 Å². The molecule has 0 radical (unpaired) electrons. The number of methoxy groups -OCH3 is 2. The van der Waals surface area contributed by atoms with Crippen molar-refractivity contribution in [1.29, 1.82) is 0 Å². The molecule has 0 fully saturated rings. The van der Waals surface area contributed by atoms with Crippen LogP contribution in [0, 0.1) is 0 Å². The van der Waals surface area contributed by atoms with Gasteiger partial charge in [0.25, 0.3) is 5.91 Å². The van der Waals surface area contributed by atoms with Gasteiger partial charge >= 0.3 is 0 Å². The number of fused-ring (bicyclic) bond motifs is 1. The van der Waals surface area contributed by atoms with Gasteiger partial charge in [-0.15, -0.1) is 0 Å². The number of nitrogens with one attached hydrogen (secondary N) is 1. The lowest BCUT2D eigenvalue weighted by atomic mass is 10.2. The molecule has 1 aliphatic rings. The van der Waals surface area contributed by atoms with E-state index >= 15 is 0 Å². The van der Waals surface area contributed by atoms with Crippen molar-refractivity contribution >= 4 is 29.5 Å². The van der Waals surface area contributed by atoms with Crippen molar-refractivity contribution in [3.63, 3.8) is 0 Å². The van der Waals surface area contributed by atoms with Crippen LogP contribution in [-0.4, -0.2) is 50.6 Å². The van der Waals surface area contributed by atoms with E-state index in [4.69, 9.17) is 25.8 Å². The van der Waals surface area contributed by atoms with Crippen LogP contribution in [0.2, 0.25) is 5.02 Å². The number of carbonyl (C=O) groups excluding carboxylic acids is 2. The number of nitrogens with zero attached hydrogens (tertiary/aromatic N) is 1. The fourth-order valence-corrected chi connectivity index (χ4v) is 3.24. The predicted octanol–water partition coefficient (Wildman–Crippen LogP) is 2.91. The van der Waals surface area contributed by atoms with Crippen LogP contribution in [0.15, 0.2) is 42.5 Å². The van der Waals surface area contributed by atoms with Gasteiger partial charge in [0.1, 0.15) is 5.75 Å². The van der Waals surface area contributed by atoms with Crippen molar-refractivity contribution in [1.82, 2.24) is 10.2 Å². The first-order chi connectivity index (χ1) is 14.5. The highest BCUT2D eigenvalue weighted by Gasteiger charge is 2.21. The van der Waals surface area contributed by atoms with Gasteiger partial charge in [0.05, 0.1) is 14.2 Å². The third-order valence-electron chi connectivity index (χ3n) is 4.60. The SMILES string of the molecule is COc1ccc(/C=C/C(=O)NCCN2Cc3cc(Cl)ccc3OCC2=O)cc1OC. The van der Waals surface area contributed by atoms with E-state index in [1.165, 1.54) is 6.08 Å². The summed E-state index contributed by atoms with van der Waals surface area (Å²) in [7, 11) is 3.12. The molecule has 0 atom stereocenters. The molecule has 0 aromatic heterocycles. The molecule has 7 nitrogen and oxygen atoms in total. The molecule has 30 heavy (non-hydrogen) atoms. The molecule has 158 valence electrons. The van der Waals surface area contributed by atoms with Crippen LogP contribution >= 0.6 is 11.6 Å². The van der Waals surface area contributed by atoms with Gasteiger partial charge in [-0.1, -0.05) is 17.7 Å². The summed E-state index contributed by atoms with van der Waals surface area (Å²) >= 11 is 6.04. The minimum absolute atomic E-state index is 0.0399. The van der Waals surface area contributed by atoms with E-state index in [0.29, 0.717) is 41.9 Å². The molecular weight excluding hydrogens is 408 g/mol. The molecule has 8 heteroatoms. The van der Waals surface area contributed by atoms with E-state index in [9.17, 15) is 9.59 Å². The monoisotopic (exact) mass is 430 g/mol. The average molecular weight is 431 g/mol. The molecule has 0 saturated heterocycles. The van der Waals surface area contributed by atoms with Crippen LogP contribution in [0.25, 0.3) is 6.08 Å². The summed E-state index contributed by atoms with van der Waals surface area (Å²) < 4.78 is 16.0. The Bertz CT molecular complexity index is 961. The second-order valence-corrected chi connectivity index (χ2v) is 7.03. The molecule has 2 amide bonds. The Kier molecular flexibility index (Phi) is 7.19. The zero-order valence-electron chi connectivity index (χ0n) is 16.8. The summed E-state index contributed by atoms with van der Waals surface area (Å²) in [5, 5.41) is 3.37. The largest absolute Gasteiger partial charge is 0.493 e.